The van der Waals surface area contributed by atoms with Gasteiger partial charge in [0.2, 0.25) is 0 Å². The summed E-state index contributed by atoms with van der Waals surface area (Å²) in [5.41, 5.74) is 3.39. The highest BCUT2D eigenvalue weighted by Gasteiger charge is 2.07. The largest absolute Gasteiger partial charge is 0.392 e. The molecule has 0 radical (unpaired) electrons. The van der Waals surface area contributed by atoms with Crippen LogP contribution in [0.15, 0.2) is 42.5 Å². The molecule has 0 saturated carbocycles. The highest BCUT2D eigenvalue weighted by molar-refractivity contribution is 5.46. The van der Waals surface area contributed by atoms with Crippen LogP contribution in [-0.2, 0) is 6.61 Å². The second-order valence-electron chi connectivity index (χ2n) is 4.73. The number of aryl methyl sites for hydroxylation is 1. The Balaban J connectivity index is 2.10. The number of benzene rings is 2. The molecule has 0 aromatic heterocycles. The van der Waals surface area contributed by atoms with Crippen molar-refractivity contribution >= 4 is 5.69 Å². The van der Waals surface area contributed by atoms with E-state index in [1.165, 1.54) is 0 Å². The van der Waals surface area contributed by atoms with Crippen LogP contribution in [0, 0.1) is 12.7 Å². The van der Waals surface area contributed by atoms with Gasteiger partial charge in [0.1, 0.15) is 5.82 Å². The molecule has 2 rings (SSSR count). The van der Waals surface area contributed by atoms with Gasteiger partial charge in [0.25, 0.3) is 0 Å². The zero-order valence-electron chi connectivity index (χ0n) is 11.2. The molecule has 0 heterocycles. The Labute approximate surface area is 112 Å². The molecule has 2 N–H and O–H groups in total. The summed E-state index contributed by atoms with van der Waals surface area (Å²) in [4.78, 5) is 0. The van der Waals surface area contributed by atoms with Gasteiger partial charge in [0.15, 0.2) is 0 Å². The van der Waals surface area contributed by atoms with E-state index in [-0.39, 0.29) is 18.5 Å². The highest BCUT2D eigenvalue weighted by atomic mass is 19.1. The van der Waals surface area contributed by atoms with Crippen LogP contribution in [0.3, 0.4) is 0 Å². The third kappa shape index (κ3) is 3.32. The van der Waals surface area contributed by atoms with E-state index in [1.54, 1.807) is 19.1 Å². The second kappa shape index (κ2) is 5.85. The van der Waals surface area contributed by atoms with Crippen LogP contribution in [-0.4, -0.2) is 5.11 Å². The number of aliphatic hydroxyl groups is 1. The first kappa shape index (κ1) is 13.6. The Morgan fingerprint density at radius 1 is 1.16 bits per heavy atom. The fourth-order valence-electron chi connectivity index (χ4n) is 1.92. The number of halogens is 1. The van der Waals surface area contributed by atoms with Crippen LogP contribution in [0.1, 0.15) is 29.7 Å². The summed E-state index contributed by atoms with van der Waals surface area (Å²) >= 11 is 0. The summed E-state index contributed by atoms with van der Waals surface area (Å²) in [5.74, 6) is -0.179. The first-order chi connectivity index (χ1) is 9.10. The third-order valence-electron chi connectivity index (χ3n) is 3.22. The lowest BCUT2D eigenvalue weighted by Gasteiger charge is -2.16. The second-order valence-corrected chi connectivity index (χ2v) is 4.73. The molecule has 19 heavy (non-hydrogen) atoms. The molecule has 0 bridgehead atoms. The van der Waals surface area contributed by atoms with Crippen LogP contribution in [0.5, 0.6) is 0 Å². The molecular weight excluding hydrogens is 241 g/mol. The Morgan fingerprint density at radius 3 is 2.42 bits per heavy atom. The molecule has 2 aromatic carbocycles. The number of hydrogen-bond donors (Lipinski definition) is 2. The van der Waals surface area contributed by atoms with E-state index in [4.69, 9.17) is 5.11 Å². The predicted octanol–water partition coefficient (Wildman–Crippen LogP) is 3.80. The van der Waals surface area contributed by atoms with Crippen LogP contribution < -0.4 is 5.32 Å². The fourth-order valence-corrected chi connectivity index (χ4v) is 1.92. The molecule has 0 saturated heterocycles. The van der Waals surface area contributed by atoms with Gasteiger partial charge in [-0.3, -0.25) is 0 Å². The molecule has 0 aliphatic carbocycles. The van der Waals surface area contributed by atoms with Crippen molar-refractivity contribution in [1.29, 1.82) is 0 Å². The van der Waals surface area contributed by atoms with Crippen molar-refractivity contribution in [3.63, 3.8) is 0 Å². The van der Waals surface area contributed by atoms with Gasteiger partial charge in [0, 0.05) is 11.7 Å². The number of nitrogens with one attached hydrogen (secondary N) is 1. The molecule has 100 valence electrons. The zero-order chi connectivity index (χ0) is 13.8. The van der Waals surface area contributed by atoms with E-state index in [0.29, 0.717) is 5.56 Å². The quantitative estimate of drug-likeness (QED) is 0.875. The van der Waals surface area contributed by atoms with Gasteiger partial charge in [-0.1, -0.05) is 24.3 Å². The van der Waals surface area contributed by atoms with Crippen molar-refractivity contribution in [3.05, 3.63) is 65.0 Å². The summed E-state index contributed by atoms with van der Waals surface area (Å²) < 4.78 is 13.5. The Bertz CT molecular complexity index is 551. The lowest BCUT2D eigenvalue weighted by atomic mass is 10.1. The molecule has 0 fully saturated rings. The lowest BCUT2D eigenvalue weighted by molar-refractivity contribution is 0.282. The van der Waals surface area contributed by atoms with E-state index >= 15 is 0 Å². The molecule has 0 aliphatic rings. The first-order valence-corrected chi connectivity index (χ1v) is 6.32. The topological polar surface area (TPSA) is 32.3 Å². The van der Waals surface area contributed by atoms with Crippen LogP contribution >= 0.6 is 0 Å². The van der Waals surface area contributed by atoms with Gasteiger partial charge in [-0.05, 0) is 48.7 Å². The number of hydrogen-bond acceptors (Lipinski definition) is 2. The van der Waals surface area contributed by atoms with Gasteiger partial charge in [0.05, 0.1) is 6.61 Å². The van der Waals surface area contributed by atoms with Gasteiger partial charge >= 0.3 is 0 Å². The molecule has 0 amide bonds. The Kier molecular flexibility index (Phi) is 4.17. The molecule has 1 unspecified atom stereocenters. The van der Waals surface area contributed by atoms with Crippen molar-refractivity contribution < 1.29 is 9.50 Å². The normalized spacial score (nSPS) is 12.2. The summed E-state index contributed by atoms with van der Waals surface area (Å²) in [6.45, 7) is 3.79. The number of rotatable bonds is 4. The maximum Gasteiger partial charge on any atom is 0.126 e. The van der Waals surface area contributed by atoms with Crippen LogP contribution in [0.4, 0.5) is 10.1 Å². The molecule has 0 spiro atoms. The molecule has 3 heteroatoms. The van der Waals surface area contributed by atoms with Crippen LogP contribution in [0.25, 0.3) is 0 Å². The Hall–Kier alpha value is -1.87. The SMILES string of the molecule is Cc1ccc(C(C)Nc2ccc(CO)cc2)cc1F. The van der Waals surface area contributed by atoms with Crippen molar-refractivity contribution in [2.45, 2.75) is 26.5 Å². The maximum atomic E-state index is 13.5. The predicted molar refractivity (Wildman–Crippen MR) is 75.5 cm³/mol. The summed E-state index contributed by atoms with van der Waals surface area (Å²) in [6.07, 6.45) is 0. The van der Waals surface area contributed by atoms with Crippen molar-refractivity contribution in [2.75, 3.05) is 5.32 Å². The monoisotopic (exact) mass is 259 g/mol. The zero-order valence-corrected chi connectivity index (χ0v) is 11.2. The minimum atomic E-state index is -0.179. The number of aliphatic hydroxyl groups excluding tert-OH is 1. The molecule has 2 nitrogen and oxygen atoms in total. The van der Waals surface area contributed by atoms with E-state index < -0.39 is 0 Å². The highest BCUT2D eigenvalue weighted by Crippen LogP contribution is 2.21. The van der Waals surface area contributed by atoms with E-state index in [1.807, 2.05) is 37.3 Å². The molecule has 2 aromatic rings. The van der Waals surface area contributed by atoms with Crippen molar-refractivity contribution in [1.82, 2.24) is 0 Å². The Morgan fingerprint density at radius 2 is 1.84 bits per heavy atom. The minimum Gasteiger partial charge on any atom is -0.392 e. The summed E-state index contributed by atoms with van der Waals surface area (Å²) in [5, 5.41) is 12.3. The number of anilines is 1. The third-order valence-corrected chi connectivity index (χ3v) is 3.22. The van der Waals surface area contributed by atoms with Crippen molar-refractivity contribution in [3.8, 4) is 0 Å². The fraction of sp³-hybridized carbons (Fsp3) is 0.250. The average molecular weight is 259 g/mol. The van der Waals surface area contributed by atoms with E-state index in [0.717, 1.165) is 16.8 Å². The lowest BCUT2D eigenvalue weighted by Crippen LogP contribution is -2.07. The minimum absolute atomic E-state index is 0.0232. The summed E-state index contributed by atoms with van der Waals surface area (Å²) in [6, 6.07) is 12.9. The van der Waals surface area contributed by atoms with Gasteiger partial charge in [-0.2, -0.15) is 0 Å². The average Bonchev–Trinajstić information content (AvgIpc) is 2.42. The summed E-state index contributed by atoms with van der Waals surface area (Å²) in [7, 11) is 0. The van der Waals surface area contributed by atoms with E-state index in [9.17, 15) is 4.39 Å². The molecular formula is C16H18FNO. The van der Waals surface area contributed by atoms with Gasteiger partial charge < -0.3 is 10.4 Å². The standard InChI is InChI=1S/C16H18FNO/c1-11-3-6-14(9-16(11)17)12(2)18-15-7-4-13(10-19)5-8-15/h3-9,12,18-19H,10H2,1-2H3. The smallest absolute Gasteiger partial charge is 0.126 e. The molecule has 1 atom stereocenters. The van der Waals surface area contributed by atoms with E-state index in [2.05, 4.69) is 5.32 Å². The first-order valence-electron chi connectivity index (χ1n) is 6.32. The van der Waals surface area contributed by atoms with Gasteiger partial charge in [-0.15, -0.1) is 0 Å². The maximum absolute atomic E-state index is 13.5. The van der Waals surface area contributed by atoms with Crippen LogP contribution in [0.2, 0.25) is 0 Å². The molecule has 0 aliphatic heterocycles. The van der Waals surface area contributed by atoms with Crippen molar-refractivity contribution in [2.24, 2.45) is 0 Å². The van der Waals surface area contributed by atoms with Gasteiger partial charge in [-0.25, -0.2) is 4.39 Å².